The topological polar surface area (TPSA) is 29.1 Å². The smallest absolute Gasteiger partial charge is 0.257 e. The number of halogens is 4. The molecule has 1 N–H and O–H groups in total. The summed E-state index contributed by atoms with van der Waals surface area (Å²) in [7, 11) is 0. The van der Waals surface area contributed by atoms with Crippen molar-refractivity contribution in [2.75, 3.05) is 0 Å². The second kappa shape index (κ2) is 6.09. The second-order valence-electron chi connectivity index (χ2n) is 4.02. The lowest BCUT2D eigenvalue weighted by atomic mass is 10.1. The Hall–Kier alpha value is -1.82. The molecule has 0 fully saturated rings. The standard InChI is InChI=1S/C14H9BrF3NO/c15-10-4-2-1-3-8(10)7-19-14(20)13-11(17)5-9(16)6-12(13)18/h1-6H,7H2,(H,19,20). The number of rotatable bonds is 3. The average Bonchev–Trinajstić information content (AvgIpc) is 2.36. The van der Waals surface area contributed by atoms with Crippen LogP contribution < -0.4 is 5.32 Å². The molecule has 0 heterocycles. The summed E-state index contributed by atoms with van der Waals surface area (Å²) in [4.78, 5) is 11.8. The Balaban J connectivity index is 2.16. The molecule has 2 rings (SSSR count). The van der Waals surface area contributed by atoms with Crippen molar-refractivity contribution < 1.29 is 18.0 Å². The molecular formula is C14H9BrF3NO. The fourth-order valence-electron chi connectivity index (χ4n) is 1.66. The van der Waals surface area contributed by atoms with Crippen molar-refractivity contribution in [2.45, 2.75) is 6.54 Å². The van der Waals surface area contributed by atoms with Crippen molar-refractivity contribution in [1.82, 2.24) is 5.32 Å². The summed E-state index contributed by atoms with van der Waals surface area (Å²) in [6.07, 6.45) is 0. The van der Waals surface area contributed by atoms with Crippen LogP contribution in [0.5, 0.6) is 0 Å². The van der Waals surface area contributed by atoms with E-state index in [2.05, 4.69) is 21.2 Å². The number of carbonyl (C=O) groups is 1. The molecule has 20 heavy (non-hydrogen) atoms. The van der Waals surface area contributed by atoms with Crippen molar-refractivity contribution in [3.63, 3.8) is 0 Å². The van der Waals surface area contributed by atoms with Crippen LogP contribution in [0.1, 0.15) is 15.9 Å². The molecule has 0 spiro atoms. The minimum Gasteiger partial charge on any atom is -0.348 e. The highest BCUT2D eigenvalue weighted by molar-refractivity contribution is 9.10. The lowest BCUT2D eigenvalue weighted by Crippen LogP contribution is -2.25. The maximum Gasteiger partial charge on any atom is 0.257 e. The number of benzene rings is 2. The number of hydrogen-bond acceptors (Lipinski definition) is 1. The highest BCUT2D eigenvalue weighted by atomic mass is 79.9. The zero-order valence-electron chi connectivity index (χ0n) is 10.1. The van der Waals surface area contributed by atoms with E-state index < -0.39 is 28.9 Å². The van der Waals surface area contributed by atoms with Crippen LogP contribution in [0.3, 0.4) is 0 Å². The highest BCUT2D eigenvalue weighted by Crippen LogP contribution is 2.17. The van der Waals surface area contributed by atoms with Gasteiger partial charge in [-0.05, 0) is 11.6 Å². The lowest BCUT2D eigenvalue weighted by molar-refractivity contribution is 0.0942. The van der Waals surface area contributed by atoms with Crippen LogP contribution in [-0.2, 0) is 6.54 Å². The molecule has 2 nitrogen and oxygen atoms in total. The van der Waals surface area contributed by atoms with E-state index in [-0.39, 0.29) is 6.54 Å². The summed E-state index contributed by atoms with van der Waals surface area (Å²) in [5, 5.41) is 2.39. The lowest BCUT2D eigenvalue weighted by Gasteiger charge is -2.08. The molecule has 6 heteroatoms. The van der Waals surface area contributed by atoms with Gasteiger partial charge in [-0.15, -0.1) is 0 Å². The van der Waals surface area contributed by atoms with Gasteiger partial charge >= 0.3 is 0 Å². The first-order valence-electron chi connectivity index (χ1n) is 5.65. The fraction of sp³-hybridized carbons (Fsp3) is 0.0714. The van der Waals surface area contributed by atoms with E-state index in [9.17, 15) is 18.0 Å². The first kappa shape index (κ1) is 14.6. The summed E-state index contributed by atoms with van der Waals surface area (Å²) in [5.41, 5.74) is -0.0396. The summed E-state index contributed by atoms with van der Waals surface area (Å²) in [6.45, 7) is 0.0938. The molecule has 0 saturated heterocycles. The van der Waals surface area contributed by atoms with Gasteiger partial charge in [-0.3, -0.25) is 4.79 Å². The Kier molecular flexibility index (Phi) is 4.44. The van der Waals surface area contributed by atoms with E-state index in [1.807, 2.05) is 0 Å². The number of carbonyl (C=O) groups excluding carboxylic acids is 1. The van der Waals surface area contributed by atoms with E-state index in [4.69, 9.17) is 0 Å². The third kappa shape index (κ3) is 3.19. The third-order valence-corrected chi connectivity index (χ3v) is 3.40. The van der Waals surface area contributed by atoms with Crippen LogP contribution in [-0.4, -0.2) is 5.91 Å². The van der Waals surface area contributed by atoms with Crippen LogP contribution in [0.15, 0.2) is 40.9 Å². The van der Waals surface area contributed by atoms with Crippen molar-refractivity contribution in [3.8, 4) is 0 Å². The van der Waals surface area contributed by atoms with E-state index in [0.29, 0.717) is 12.1 Å². The quantitative estimate of drug-likeness (QED) is 0.902. The fourth-order valence-corrected chi connectivity index (χ4v) is 2.09. The Morgan fingerprint density at radius 3 is 2.30 bits per heavy atom. The molecule has 0 bridgehead atoms. The van der Waals surface area contributed by atoms with Gasteiger partial charge in [0.25, 0.3) is 5.91 Å². The second-order valence-corrected chi connectivity index (χ2v) is 4.87. The summed E-state index contributed by atoms with van der Waals surface area (Å²) >= 11 is 3.29. The van der Waals surface area contributed by atoms with Crippen molar-refractivity contribution >= 4 is 21.8 Å². The molecule has 0 radical (unpaired) electrons. The monoisotopic (exact) mass is 343 g/mol. The van der Waals surface area contributed by atoms with Crippen LogP contribution in [0, 0.1) is 17.5 Å². The Morgan fingerprint density at radius 1 is 1.10 bits per heavy atom. The van der Waals surface area contributed by atoms with Gasteiger partial charge in [-0.25, -0.2) is 13.2 Å². The summed E-state index contributed by atoms with van der Waals surface area (Å²) in [6, 6.07) is 8.04. The maximum atomic E-state index is 13.4. The molecule has 0 aliphatic heterocycles. The Morgan fingerprint density at radius 2 is 1.70 bits per heavy atom. The van der Waals surface area contributed by atoms with Gasteiger partial charge in [0.15, 0.2) is 0 Å². The number of amides is 1. The van der Waals surface area contributed by atoms with Gasteiger partial charge in [0.1, 0.15) is 23.0 Å². The minimum absolute atomic E-state index is 0.0938. The van der Waals surface area contributed by atoms with Crippen molar-refractivity contribution in [3.05, 3.63) is 69.4 Å². The molecular weight excluding hydrogens is 335 g/mol. The molecule has 0 atom stereocenters. The maximum absolute atomic E-state index is 13.4. The third-order valence-electron chi connectivity index (χ3n) is 2.63. The average molecular weight is 344 g/mol. The molecule has 104 valence electrons. The van der Waals surface area contributed by atoms with Gasteiger partial charge in [-0.2, -0.15) is 0 Å². The van der Waals surface area contributed by atoms with Gasteiger partial charge in [0.05, 0.1) is 0 Å². The molecule has 0 aliphatic rings. The Labute approximate surface area is 121 Å². The zero-order chi connectivity index (χ0) is 14.7. The van der Waals surface area contributed by atoms with Gasteiger partial charge in [0.2, 0.25) is 0 Å². The normalized spacial score (nSPS) is 10.4. The van der Waals surface area contributed by atoms with Gasteiger partial charge < -0.3 is 5.32 Å². The predicted molar refractivity (Wildman–Crippen MR) is 71.6 cm³/mol. The number of nitrogens with one attached hydrogen (secondary N) is 1. The van der Waals surface area contributed by atoms with Crippen LogP contribution in [0.2, 0.25) is 0 Å². The molecule has 0 unspecified atom stereocenters. The molecule has 0 aromatic heterocycles. The van der Waals surface area contributed by atoms with Crippen molar-refractivity contribution in [1.29, 1.82) is 0 Å². The van der Waals surface area contributed by atoms with E-state index in [1.54, 1.807) is 24.3 Å². The SMILES string of the molecule is O=C(NCc1ccccc1Br)c1c(F)cc(F)cc1F. The minimum atomic E-state index is -1.23. The van der Waals surface area contributed by atoms with Crippen LogP contribution >= 0.6 is 15.9 Å². The van der Waals surface area contributed by atoms with E-state index >= 15 is 0 Å². The van der Waals surface area contributed by atoms with Gasteiger partial charge in [-0.1, -0.05) is 34.1 Å². The molecule has 1 amide bonds. The predicted octanol–water partition coefficient (Wildman–Crippen LogP) is 3.80. The zero-order valence-corrected chi connectivity index (χ0v) is 11.7. The van der Waals surface area contributed by atoms with Crippen molar-refractivity contribution in [2.24, 2.45) is 0 Å². The summed E-state index contributed by atoms with van der Waals surface area (Å²) in [5.74, 6) is -4.46. The Bertz CT molecular complexity index is 638. The van der Waals surface area contributed by atoms with E-state index in [0.717, 1.165) is 10.0 Å². The van der Waals surface area contributed by atoms with E-state index in [1.165, 1.54) is 0 Å². The molecule has 2 aromatic rings. The van der Waals surface area contributed by atoms with Crippen LogP contribution in [0.25, 0.3) is 0 Å². The first-order chi connectivity index (χ1) is 9.49. The van der Waals surface area contributed by atoms with Crippen LogP contribution in [0.4, 0.5) is 13.2 Å². The molecule has 0 saturated carbocycles. The first-order valence-corrected chi connectivity index (χ1v) is 6.44. The molecule has 2 aromatic carbocycles. The molecule has 0 aliphatic carbocycles. The number of hydrogen-bond donors (Lipinski definition) is 1. The largest absolute Gasteiger partial charge is 0.348 e. The highest BCUT2D eigenvalue weighted by Gasteiger charge is 2.18. The summed E-state index contributed by atoms with van der Waals surface area (Å²) < 4.78 is 40.4. The van der Waals surface area contributed by atoms with Gasteiger partial charge in [0, 0.05) is 23.2 Å².